The van der Waals surface area contributed by atoms with Gasteiger partial charge in [-0.1, -0.05) is 39.0 Å². The summed E-state index contributed by atoms with van der Waals surface area (Å²) in [4.78, 5) is 0.280. The van der Waals surface area contributed by atoms with Crippen LogP contribution in [0, 0.1) is 17.8 Å². The Labute approximate surface area is 127 Å². The van der Waals surface area contributed by atoms with Crippen molar-refractivity contribution < 1.29 is 13.5 Å². The molecule has 0 aromatic heterocycles. The number of aliphatic hydroxyl groups is 1. The van der Waals surface area contributed by atoms with E-state index in [9.17, 15) is 8.42 Å². The van der Waals surface area contributed by atoms with E-state index in [1.165, 1.54) is 4.31 Å². The Morgan fingerprint density at radius 1 is 1.24 bits per heavy atom. The minimum Gasteiger partial charge on any atom is -0.384 e. The first-order chi connectivity index (χ1) is 9.95. The van der Waals surface area contributed by atoms with E-state index in [-0.39, 0.29) is 11.5 Å². The second-order valence-corrected chi connectivity index (χ2v) is 6.89. The minimum absolute atomic E-state index is 0.210. The molecule has 0 saturated heterocycles. The van der Waals surface area contributed by atoms with Crippen molar-refractivity contribution in [3.8, 4) is 11.8 Å². The fourth-order valence-electron chi connectivity index (χ4n) is 1.87. The predicted molar refractivity (Wildman–Crippen MR) is 84.3 cm³/mol. The van der Waals surface area contributed by atoms with Gasteiger partial charge in [-0.2, -0.15) is 4.31 Å². The minimum atomic E-state index is -3.46. The van der Waals surface area contributed by atoms with Crippen molar-refractivity contribution in [1.29, 1.82) is 0 Å². The first-order valence-electron chi connectivity index (χ1n) is 7.15. The summed E-state index contributed by atoms with van der Waals surface area (Å²) in [6.45, 7) is 6.73. The summed E-state index contributed by atoms with van der Waals surface area (Å²) in [5.74, 6) is 5.61. The molecule has 116 valence electrons. The van der Waals surface area contributed by atoms with Crippen LogP contribution in [0.25, 0.3) is 0 Å². The number of nitrogens with zero attached hydrogens (tertiary/aromatic N) is 1. The Kier molecular flexibility index (Phi) is 6.90. The summed E-state index contributed by atoms with van der Waals surface area (Å²) in [6, 6.07) is 6.45. The smallest absolute Gasteiger partial charge is 0.243 e. The Hall–Kier alpha value is -1.35. The second-order valence-electron chi connectivity index (χ2n) is 4.95. The van der Waals surface area contributed by atoms with Crippen LogP contribution in [-0.4, -0.2) is 37.5 Å². The molecule has 0 aliphatic rings. The number of hydrogen-bond acceptors (Lipinski definition) is 3. The Morgan fingerprint density at radius 3 is 2.33 bits per heavy atom. The van der Waals surface area contributed by atoms with Gasteiger partial charge in [0.1, 0.15) is 6.61 Å². The molecule has 1 atom stereocenters. The van der Waals surface area contributed by atoms with Gasteiger partial charge in [-0.05, 0) is 30.2 Å². The lowest BCUT2D eigenvalue weighted by Gasteiger charge is -2.23. The van der Waals surface area contributed by atoms with Crippen molar-refractivity contribution in [3.63, 3.8) is 0 Å². The van der Waals surface area contributed by atoms with Gasteiger partial charge in [0.15, 0.2) is 0 Å². The van der Waals surface area contributed by atoms with Crippen molar-refractivity contribution in [1.82, 2.24) is 4.31 Å². The van der Waals surface area contributed by atoms with E-state index < -0.39 is 10.0 Å². The van der Waals surface area contributed by atoms with Gasteiger partial charge in [-0.15, -0.1) is 0 Å². The fraction of sp³-hybridized carbons (Fsp3) is 0.500. The molecule has 0 aliphatic carbocycles. The van der Waals surface area contributed by atoms with Crippen molar-refractivity contribution in [2.75, 3.05) is 19.7 Å². The number of hydrogen-bond donors (Lipinski definition) is 1. The number of benzene rings is 1. The summed E-state index contributed by atoms with van der Waals surface area (Å²) < 4.78 is 26.7. The van der Waals surface area contributed by atoms with Crippen molar-refractivity contribution in [2.45, 2.75) is 32.1 Å². The molecule has 1 N–H and O–H groups in total. The molecule has 0 aliphatic heterocycles. The molecule has 0 fully saturated rings. The maximum Gasteiger partial charge on any atom is 0.243 e. The van der Waals surface area contributed by atoms with E-state index in [2.05, 4.69) is 18.8 Å². The van der Waals surface area contributed by atoms with E-state index in [1.54, 1.807) is 24.3 Å². The van der Waals surface area contributed by atoms with Crippen LogP contribution in [0.2, 0.25) is 0 Å². The molecular weight excluding hydrogens is 286 g/mol. The highest BCUT2D eigenvalue weighted by Gasteiger charge is 2.23. The average Bonchev–Trinajstić information content (AvgIpc) is 2.50. The van der Waals surface area contributed by atoms with Gasteiger partial charge >= 0.3 is 0 Å². The van der Waals surface area contributed by atoms with E-state index in [0.29, 0.717) is 24.6 Å². The topological polar surface area (TPSA) is 57.6 Å². The zero-order valence-electron chi connectivity index (χ0n) is 12.8. The fourth-order valence-corrected chi connectivity index (χ4v) is 3.44. The van der Waals surface area contributed by atoms with Crippen LogP contribution in [-0.2, 0) is 10.0 Å². The van der Waals surface area contributed by atoms with Gasteiger partial charge in [0.05, 0.1) is 4.90 Å². The van der Waals surface area contributed by atoms with Crippen LogP contribution < -0.4 is 0 Å². The molecule has 0 radical (unpaired) electrons. The summed E-state index contributed by atoms with van der Waals surface area (Å²) in [6.07, 6.45) is 0.946. The van der Waals surface area contributed by atoms with Crippen molar-refractivity contribution in [3.05, 3.63) is 29.8 Å². The summed E-state index contributed by atoms with van der Waals surface area (Å²) in [7, 11) is -3.46. The van der Waals surface area contributed by atoms with E-state index in [1.807, 2.05) is 13.8 Å². The highest BCUT2D eigenvalue weighted by atomic mass is 32.2. The van der Waals surface area contributed by atoms with E-state index >= 15 is 0 Å². The van der Waals surface area contributed by atoms with E-state index in [4.69, 9.17) is 5.11 Å². The molecule has 1 aromatic rings. The Bertz CT molecular complexity index is 597. The second kappa shape index (κ2) is 8.18. The number of rotatable bonds is 6. The molecule has 1 rings (SSSR count). The van der Waals surface area contributed by atoms with Crippen LogP contribution in [0.4, 0.5) is 0 Å². The maximum absolute atomic E-state index is 12.6. The molecule has 5 heteroatoms. The predicted octanol–water partition coefficient (Wildman–Crippen LogP) is 2.09. The van der Waals surface area contributed by atoms with Gasteiger partial charge in [0.25, 0.3) is 0 Å². The van der Waals surface area contributed by atoms with Crippen LogP contribution in [0.5, 0.6) is 0 Å². The maximum atomic E-state index is 12.6. The zero-order chi connectivity index (χ0) is 15.9. The Morgan fingerprint density at radius 2 is 1.86 bits per heavy atom. The highest BCUT2D eigenvalue weighted by Crippen LogP contribution is 2.18. The van der Waals surface area contributed by atoms with Crippen LogP contribution >= 0.6 is 0 Å². The molecule has 0 heterocycles. The molecule has 0 spiro atoms. The summed E-state index contributed by atoms with van der Waals surface area (Å²) >= 11 is 0. The summed E-state index contributed by atoms with van der Waals surface area (Å²) in [5, 5.41) is 8.65. The summed E-state index contributed by atoms with van der Waals surface area (Å²) in [5.41, 5.74) is 0.688. The van der Waals surface area contributed by atoms with Gasteiger partial charge in [-0.25, -0.2) is 8.42 Å². The molecule has 0 saturated carbocycles. The highest BCUT2D eigenvalue weighted by molar-refractivity contribution is 7.89. The van der Waals surface area contributed by atoms with Gasteiger partial charge < -0.3 is 5.11 Å². The van der Waals surface area contributed by atoms with E-state index in [0.717, 1.165) is 6.42 Å². The van der Waals surface area contributed by atoms with Crippen LogP contribution in [0.15, 0.2) is 29.2 Å². The molecule has 21 heavy (non-hydrogen) atoms. The Balaban J connectivity index is 3.00. The quantitative estimate of drug-likeness (QED) is 0.819. The molecule has 0 bridgehead atoms. The molecule has 1 unspecified atom stereocenters. The lowest BCUT2D eigenvalue weighted by molar-refractivity contribution is 0.350. The lowest BCUT2D eigenvalue weighted by Crippen LogP contribution is -2.34. The average molecular weight is 309 g/mol. The van der Waals surface area contributed by atoms with Crippen molar-refractivity contribution in [2.24, 2.45) is 5.92 Å². The molecule has 1 aromatic carbocycles. The monoisotopic (exact) mass is 309 g/mol. The number of aliphatic hydroxyl groups excluding tert-OH is 1. The standard InChI is InChI=1S/C16H23NO3S/c1-4-14(3)13-17(5-2)21(19,20)16-10-8-15(9-11-16)7-6-12-18/h8-11,14,18H,4-5,12-13H2,1-3H3. The third-order valence-corrected chi connectivity index (χ3v) is 5.32. The molecular formula is C16H23NO3S. The van der Waals surface area contributed by atoms with Crippen LogP contribution in [0.3, 0.4) is 0 Å². The third-order valence-electron chi connectivity index (χ3n) is 3.37. The first kappa shape index (κ1) is 17.7. The normalized spacial score (nSPS) is 12.8. The number of sulfonamides is 1. The molecule has 4 nitrogen and oxygen atoms in total. The van der Waals surface area contributed by atoms with Crippen molar-refractivity contribution >= 4 is 10.0 Å². The van der Waals surface area contributed by atoms with Gasteiger partial charge in [0, 0.05) is 18.7 Å². The first-order valence-corrected chi connectivity index (χ1v) is 8.59. The van der Waals surface area contributed by atoms with Crippen LogP contribution in [0.1, 0.15) is 32.8 Å². The zero-order valence-corrected chi connectivity index (χ0v) is 13.7. The SMILES string of the molecule is CCC(C)CN(CC)S(=O)(=O)c1ccc(C#CCO)cc1. The lowest BCUT2D eigenvalue weighted by atomic mass is 10.1. The third kappa shape index (κ3) is 4.85. The molecule has 0 amide bonds. The largest absolute Gasteiger partial charge is 0.384 e. The van der Waals surface area contributed by atoms with Gasteiger partial charge in [0.2, 0.25) is 10.0 Å². The van der Waals surface area contributed by atoms with Gasteiger partial charge in [-0.3, -0.25) is 0 Å².